The monoisotopic (exact) mass is 590 g/mol. The largest absolute Gasteiger partial charge is 0.254 e. The molecule has 0 amide bonds. The molecule has 9 rings (SSSR count). The fourth-order valence-electron chi connectivity index (χ4n) is 6.88. The van der Waals surface area contributed by atoms with E-state index in [9.17, 15) is 0 Å². The van der Waals surface area contributed by atoms with Crippen LogP contribution < -0.4 is 0 Å². The van der Waals surface area contributed by atoms with Crippen molar-refractivity contribution in [1.29, 1.82) is 0 Å². The Morgan fingerprint density at radius 3 is 1.00 bits per heavy atom. The van der Waals surface area contributed by atoms with Crippen molar-refractivity contribution in [2.75, 3.05) is 0 Å². The van der Waals surface area contributed by atoms with E-state index in [0.29, 0.717) is 0 Å². The van der Waals surface area contributed by atoms with Gasteiger partial charge in [-0.3, -0.25) is 9.97 Å². The third-order valence-electron chi connectivity index (χ3n) is 9.43. The van der Waals surface area contributed by atoms with Crippen molar-refractivity contribution in [2.45, 2.75) is 25.7 Å². The topological polar surface area (TPSA) is 51.6 Å². The number of nitrogens with zero attached hydrogens (tertiary/aromatic N) is 4. The van der Waals surface area contributed by atoms with E-state index in [2.05, 4.69) is 119 Å². The summed E-state index contributed by atoms with van der Waals surface area (Å²) in [6, 6.07) is 43.3. The lowest BCUT2D eigenvalue weighted by Crippen LogP contribution is -2.07. The minimum atomic E-state index is 0.981. The first-order valence-electron chi connectivity index (χ1n) is 16.0. The van der Waals surface area contributed by atoms with Crippen molar-refractivity contribution in [3.8, 4) is 67.5 Å². The summed E-state index contributed by atoms with van der Waals surface area (Å²) in [7, 11) is 0. The zero-order chi connectivity index (χ0) is 30.5. The predicted molar refractivity (Wildman–Crippen MR) is 185 cm³/mol. The Balaban J connectivity index is 0.933. The van der Waals surface area contributed by atoms with E-state index in [1.807, 2.05) is 24.5 Å². The first kappa shape index (κ1) is 26.6. The molecule has 0 aliphatic heterocycles. The average molecular weight is 591 g/mol. The minimum absolute atomic E-state index is 0.981. The molecule has 7 aromatic rings. The van der Waals surface area contributed by atoms with Crippen LogP contribution in [0.2, 0.25) is 0 Å². The summed E-state index contributed by atoms with van der Waals surface area (Å²) in [5.74, 6) is 0. The highest BCUT2D eigenvalue weighted by Crippen LogP contribution is 2.35. The van der Waals surface area contributed by atoms with E-state index in [-0.39, 0.29) is 0 Å². The standard InChI is InChI=1S/C42H30N4/c1-3-33-17-19-35-21-23-37(45-41(35)39(33)43-25-1)31-13-9-29(10-14-31)27-5-7-28(8-6-27)30-11-15-32(16-12-30)38-24-22-36-20-18-34-4-2-26-44-40(34)42(36)46-38/h1-16,21-26H,17-20H2. The molecule has 218 valence electrons. The lowest BCUT2D eigenvalue weighted by Gasteiger charge is -2.18. The van der Waals surface area contributed by atoms with E-state index >= 15 is 0 Å². The Morgan fingerprint density at radius 2 is 0.630 bits per heavy atom. The number of aryl methyl sites for hydroxylation is 4. The molecule has 0 N–H and O–H groups in total. The Labute approximate surface area is 268 Å². The van der Waals surface area contributed by atoms with Crippen LogP contribution in [-0.2, 0) is 25.7 Å². The maximum Gasteiger partial charge on any atom is 0.0928 e. The van der Waals surface area contributed by atoms with E-state index < -0.39 is 0 Å². The molecule has 0 unspecified atom stereocenters. The average Bonchev–Trinajstić information content (AvgIpc) is 3.14. The van der Waals surface area contributed by atoms with Gasteiger partial charge in [0.15, 0.2) is 0 Å². The van der Waals surface area contributed by atoms with E-state index in [0.717, 1.165) is 71.0 Å². The van der Waals surface area contributed by atoms with Gasteiger partial charge in [0.05, 0.1) is 34.2 Å². The molecule has 2 aliphatic carbocycles. The van der Waals surface area contributed by atoms with Gasteiger partial charge in [0, 0.05) is 23.5 Å². The van der Waals surface area contributed by atoms with Gasteiger partial charge in [0.1, 0.15) is 0 Å². The highest BCUT2D eigenvalue weighted by Gasteiger charge is 2.20. The molecule has 4 aromatic heterocycles. The van der Waals surface area contributed by atoms with Crippen LogP contribution in [0.15, 0.2) is 134 Å². The number of pyridine rings is 4. The Hall–Kier alpha value is -5.74. The third-order valence-corrected chi connectivity index (χ3v) is 9.43. The second-order valence-corrected chi connectivity index (χ2v) is 12.2. The van der Waals surface area contributed by atoms with Crippen molar-refractivity contribution >= 4 is 0 Å². The molecule has 0 atom stereocenters. The molecule has 4 nitrogen and oxygen atoms in total. The smallest absolute Gasteiger partial charge is 0.0928 e. The molecule has 0 spiro atoms. The van der Waals surface area contributed by atoms with Gasteiger partial charge in [-0.15, -0.1) is 0 Å². The third kappa shape index (κ3) is 4.70. The van der Waals surface area contributed by atoms with Crippen LogP contribution >= 0.6 is 0 Å². The van der Waals surface area contributed by atoms with Gasteiger partial charge in [-0.1, -0.05) is 97.1 Å². The molecule has 4 heterocycles. The Bertz CT molecular complexity index is 2070. The summed E-state index contributed by atoms with van der Waals surface area (Å²) in [4.78, 5) is 19.4. The normalized spacial score (nSPS) is 12.9. The van der Waals surface area contributed by atoms with Gasteiger partial charge in [-0.05, 0) is 94.5 Å². The highest BCUT2D eigenvalue weighted by atomic mass is 14.8. The van der Waals surface area contributed by atoms with Crippen molar-refractivity contribution in [3.63, 3.8) is 0 Å². The SMILES string of the molecule is c1cnc2c(c1)CCc1ccc(-c3ccc(-c4ccc(-c5ccc(-c6ccc7c(n6)-c6ncccc6CC7)cc5)cc4)cc3)nc1-2. The highest BCUT2D eigenvalue weighted by molar-refractivity contribution is 5.76. The second kappa shape index (κ2) is 11.0. The lowest BCUT2D eigenvalue weighted by molar-refractivity contribution is 0.913. The number of hydrogen-bond acceptors (Lipinski definition) is 4. The summed E-state index contributed by atoms with van der Waals surface area (Å²) in [6.45, 7) is 0. The number of hydrogen-bond donors (Lipinski definition) is 0. The zero-order valence-electron chi connectivity index (χ0n) is 25.3. The molecule has 0 bridgehead atoms. The van der Waals surface area contributed by atoms with Gasteiger partial charge in [0.2, 0.25) is 0 Å². The maximum atomic E-state index is 5.06. The minimum Gasteiger partial charge on any atom is -0.254 e. The fraction of sp³-hybridized carbons (Fsp3) is 0.0952. The van der Waals surface area contributed by atoms with Crippen LogP contribution in [-0.4, -0.2) is 19.9 Å². The van der Waals surface area contributed by atoms with Crippen LogP contribution in [0.1, 0.15) is 22.3 Å². The fourth-order valence-corrected chi connectivity index (χ4v) is 6.88. The van der Waals surface area contributed by atoms with Crippen molar-refractivity contribution < 1.29 is 0 Å². The molecule has 2 aliphatic rings. The molecular formula is C42H30N4. The van der Waals surface area contributed by atoms with Crippen molar-refractivity contribution in [2.24, 2.45) is 0 Å². The summed E-state index contributed by atoms with van der Waals surface area (Å²) >= 11 is 0. The molecule has 46 heavy (non-hydrogen) atoms. The summed E-state index contributed by atoms with van der Waals surface area (Å²) in [5.41, 5.74) is 18.1. The number of fused-ring (bicyclic) bond motifs is 6. The molecule has 0 fully saturated rings. The molecule has 0 saturated carbocycles. The predicted octanol–water partition coefficient (Wildman–Crippen LogP) is 9.47. The van der Waals surface area contributed by atoms with Crippen LogP contribution in [0.3, 0.4) is 0 Å². The Kier molecular flexibility index (Phi) is 6.38. The van der Waals surface area contributed by atoms with Gasteiger partial charge in [-0.2, -0.15) is 0 Å². The number of aromatic nitrogens is 4. The number of benzene rings is 3. The van der Waals surface area contributed by atoms with Gasteiger partial charge < -0.3 is 0 Å². The molecule has 0 radical (unpaired) electrons. The first-order chi connectivity index (χ1) is 22.8. The van der Waals surface area contributed by atoms with Gasteiger partial charge in [-0.25, -0.2) is 9.97 Å². The van der Waals surface area contributed by atoms with Crippen LogP contribution in [0, 0.1) is 0 Å². The number of rotatable bonds is 4. The lowest BCUT2D eigenvalue weighted by atomic mass is 9.92. The van der Waals surface area contributed by atoms with Gasteiger partial charge in [0.25, 0.3) is 0 Å². The quantitative estimate of drug-likeness (QED) is 0.205. The molecule has 0 saturated heterocycles. The molecule has 4 heteroatoms. The molecular weight excluding hydrogens is 560 g/mol. The van der Waals surface area contributed by atoms with E-state index in [1.165, 1.54) is 44.5 Å². The summed E-state index contributed by atoms with van der Waals surface area (Å²) in [6.07, 6.45) is 7.80. The zero-order valence-corrected chi connectivity index (χ0v) is 25.3. The maximum absolute atomic E-state index is 5.06. The summed E-state index contributed by atoms with van der Waals surface area (Å²) < 4.78 is 0. The second-order valence-electron chi connectivity index (χ2n) is 12.2. The first-order valence-corrected chi connectivity index (χ1v) is 16.0. The summed E-state index contributed by atoms with van der Waals surface area (Å²) in [5, 5.41) is 0. The van der Waals surface area contributed by atoms with E-state index in [4.69, 9.17) is 9.97 Å². The van der Waals surface area contributed by atoms with E-state index in [1.54, 1.807) is 0 Å². The van der Waals surface area contributed by atoms with Gasteiger partial charge >= 0.3 is 0 Å². The Morgan fingerprint density at radius 1 is 0.304 bits per heavy atom. The van der Waals surface area contributed by atoms with Crippen LogP contribution in [0.25, 0.3) is 67.5 Å². The van der Waals surface area contributed by atoms with Crippen LogP contribution in [0.5, 0.6) is 0 Å². The molecule has 3 aromatic carbocycles. The van der Waals surface area contributed by atoms with Crippen molar-refractivity contribution in [3.05, 3.63) is 156 Å². The van der Waals surface area contributed by atoms with Crippen LogP contribution in [0.4, 0.5) is 0 Å². The van der Waals surface area contributed by atoms with Crippen molar-refractivity contribution in [1.82, 2.24) is 19.9 Å².